The largest absolute Gasteiger partial charge is 0.512 e. The van der Waals surface area contributed by atoms with E-state index >= 15 is 0 Å². The maximum atomic E-state index is 10.4. The second kappa shape index (κ2) is 9.54. The second-order valence-electron chi connectivity index (χ2n) is 5.94. The highest BCUT2D eigenvalue weighted by Crippen LogP contribution is 2.22. The van der Waals surface area contributed by atoms with Crippen LogP contribution in [0.3, 0.4) is 0 Å². The molecule has 2 N–H and O–H groups in total. The summed E-state index contributed by atoms with van der Waals surface area (Å²) in [6, 6.07) is 16.3. The fourth-order valence-corrected chi connectivity index (χ4v) is 2.78. The van der Waals surface area contributed by atoms with Crippen LogP contribution >= 0.6 is 12.6 Å². The standard InChI is InChI=1S/C20H18N6O2S/c1-2-4-19(27)18(15-9-7-14(12-21)8-10-15)13-28-23-16-5-3-6-17(11-16)26-20(29)22-24-25-26/h2-3,5-11,23,27H,1,4,13H2,(H,22,25,29)/b19-18+. The molecule has 0 aliphatic rings. The van der Waals surface area contributed by atoms with E-state index < -0.39 is 0 Å². The zero-order valence-corrected chi connectivity index (χ0v) is 16.3. The third-order valence-corrected chi connectivity index (χ3v) is 4.28. The zero-order valence-electron chi connectivity index (χ0n) is 15.4. The van der Waals surface area contributed by atoms with E-state index in [0.29, 0.717) is 34.1 Å². The van der Waals surface area contributed by atoms with Gasteiger partial charge in [0.15, 0.2) is 0 Å². The second-order valence-corrected chi connectivity index (χ2v) is 6.34. The number of rotatable bonds is 8. The Kier molecular flexibility index (Phi) is 6.63. The highest BCUT2D eigenvalue weighted by molar-refractivity contribution is 7.80. The molecule has 29 heavy (non-hydrogen) atoms. The van der Waals surface area contributed by atoms with E-state index in [9.17, 15) is 5.11 Å². The van der Waals surface area contributed by atoms with Crippen LogP contribution in [0, 0.1) is 11.3 Å². The van der Waals surface area contributed by atoms with Crippen molar-refractivity contribution in [3.8, 4) is 11.8 Å². The van der Waals surface area contributed by atoms with Crippen molar-refractivity contribution in [3.63, 3.8) is 0 Å². The van der Waals surface area contributed by atoms with E-state index in [4.69, 9.17) is 10.1 Å². The van der Waals surface area contributed by atoms with Crippen molar-refractivity contribution in [2.75, 3.05) is 12.1 Å². The molecule has 1 aromatic heterocycles. The Labute approximate surface area is 173 Å². The van der Waals surface area contributed by atoms with E-state index in [1.165, 1.54) is 4.68 Å². The molecule has 0 aliphatic heterocycles. The fourth-order valence-electron chi connectivity index (χ4n) is 2.58. The zero-order chi connectivity index (χ0) is 20.6. The lowest BCUT2D eigenvalue weighted by atomic mass is 10.0. The van der Waals surface area contributed by atoms with Crippen LogP contribution in [0.2, 0.25) is 0 Å². The van der Waals surface area contributed by atoms with Crippen LogP contribution in [0.25, 0.3) is 11.3 Å². The number of aliphatic hydroxyl groups is 1. The van der Waals surface area contributed by atoms with Crippen LogP contribution in [0.4, 0.5) is 5.69 Å². The van der Waals surface area contributed by atoms with Crippen LogP contribution in [-0.2, 0) is 4.84 Å². The van der Waals surface area contributed by atoms with Gasteiger partial charge in [0.25, 0.3) is 0 Å². The van der Waals surface area contributed by atoms with E-state index in [1.807, 2.05) is 18.2 Å². The van der Waals surface area contributed by atoms with Crippen molar-refractivity contribution in [2.45, 2.75) is 11.6 Å². The number of anilines is 1. The molecule has 8 nitrogen and oxygen atoms in total. The molecule has 0 fully saturated rings. The highest BCUT2D eigenvalue weighted by Gasteiger charge is 2.10. The summed E-state index contributed by atoms with van der Waals surface area (Å²) < 4.78 is 1.48. The third-order valence-electron chi connectivity index (χ3n) is 4.00. The molecular formula is C20H18N6O2S. The van der Waals surface area contributed by atoms with Gasteiger partial charge in [-0.05, 0) is 46.3 Å². The van der Waals surface area contributed by atoms with Crippen LogP contribution in [0.1, 0.15) is 17.5 Å². The number of benzene rings is 2. The van der Waals surface area contributed by atoms with Crippen molar-refractivity contribution in [3.05, 3.63) is 78.1 Å². The lowest BCUT2D eigenvalue weighted by Crippen LogP contribution is -2.07. The molecule has 0 saturated carbocycles. The number of aliphatic hydroxyl groups excluding tert-OH is 1. The molecule has 3 aromatic rings. The summed E-state index contributed by atoms with van der Waals surface area (Å²) in [6.07, 6.45) is 1.91. The molecule has 9 heteroatoms. The maximum Gasteiger partial charge on any atom is 0.211 e. The number of hydrogen-bond donors (Lipinski definition) is 3. The van der Waals surface area contributed by atoms with Crippen LogP contribution in [0.15, 0.2) is 72.1 Å². The Morgan fingerprint density at radius 3 is 2.76 bits per heavy atom. The molecule has 0 unspecified atom stereocenters. The Balaban J connectivity index is 1.73. The maximum absolute atomic E-state index is 10.4. The number of hydrogen-bond acceptors (Lipinski definition) is 8. The molecule has 0 aliphatic carbocycles. The summed E-state index contributed by atoms with van der Waals surface area (Å²) in [5.41, 5.74) is 6.13. The van der Waals surface area contributed by atoms with Crippen molar-refractivity contribution < 1.29 is 9.94 Å². The topological polar surface area (TPSA) is 109 Å². The van der Waals surface area contributed by atoms with Gasteiger partial charge in [0, 0.05) is 12.0 Å². The van der Waals surface area contributed by atoms with Gasteiger partial charge in [-0.3, -0.25) is 10.3 Å². The number of tetrazole rings is 1. The predicted octanol–water partition coefficient (Wildman–Crippen LogP) is 3.71. The van der Waals surface area contributed by atoms with Crippen LogP contribution in [0.5, 0.6) is 0 Å². The first-order chi connectivity index (χ1) is 14.1. The van der Waals surface area contributed by atoms with E-state index in [-0.39, 0.29) is 12.4 Å². The Hall–Kier alpha value is -3.61. The molecule has 2 aromatic carbocycles. The quantitative estimate of drug-likeness (QED) is 0.226. The summed E-state index contributed by atoms with van der Waals surface area (Å²) in [6.45, 7) is 3.75. The molecule has 3 rings (SSSR count). The molecule has 1 heterocycles. The van der Waals surface area contributed by atoms with Gasteiger partial charge in [-0.2, -0.15) is 9.94 Å². The van der Waals surface area contributed by atoms with Gasteiger partial charge in [0.05, 0.1) is 23.0 Å². The lowest BCUT2D eigenvalue weighted by molar-refractivity contribution is 0.230. The average molecular weight is 406 g/mol. The van der Waals surface area contributed by atoms with E-state index in [2.05, 4.69) is 46.3 Å². The summed E-state index contributed by atoms with van der Waals surface area (Å²) >= 11 is 4.20. The first-order valence-electron chi connectivity index (χ1n) is 8.60. The third kappa shape index (κ3) is 5.01. The summed E-state index contributed by atoms with van der Waals surface area (Å²) in [7, 11) is 0. The molecular weight excluding hydrogens is 388 g/mol. The minimum Gasteiger partial charge on any atom is -0.512 e. The molecule has 0 radical (unpaired) electrons. The number of nitrogens with zero attached hydrogens (tertiary/aromatic N) is 5. The van der Waals surface area contributed by atoms with Gasteiger partial charge in [-0.1, -0.05) is 24.3 Å². The number of allylic oxidation sites excluding steroid dienone is 1. The van der Waals surface area contributed by atoms with Crippen molar-refractivity contribution in [1.82, 2.24) is 20.2 Å². The monoisotopic (exact) mass is 406 g/mol. The number of nitriles is 1. The van der Waals surface area contributed by atoms with Crippen molar-refractivity contribution >= 4 is 23.9 Å². The summed E-state index contributed by atoms with van der Waals surface area (Å²) in [5.74, 6) is 0.147. The first kappa shape index (κ1) is 20.1. The molecule has 0 spiro atoms. The first-order valence-corrected chi connectivity index (χ1v) is 9.05. The van der Waals surface area contributed by atoms with Gasteiger partial charge in [-0.15, -0.1) is 24.3 Å². The molecule has 146 valence electrons. The number of aromatic nitrogens is 4. The van der Waals surface area contributed by atoms with Crippen LogP contribution in [-0.4, -0.2) is 31.9 Å². The molecule has 0 atom stereocenters. The molecule has 0 saturated heterocycles. The normalized spacial score (nSPS) is 11.4. The highest BCUT2D eigenvalue weighted by atomic mass is 32.1. The SMILES string of the molecule is C=CC/C(O)=C(/CONc1cccc(-n2nnnc2S)c1)c1ccc(C#N)cc1. The van der Waals surface area contributed by atoms with Gasteiger partial charge in [0.1, 0.15) is 12.4 Å². The number of nitrogens with one attached hydrogen (secondary N) is 1. The van der Waals surface area contributed by atoms with E-state index in [0.717, 1.165) is 5.56 Å². The van der Waals surface area contributed by atoms with Gasteiger partial charge < -0.3 is 5.11 Å². The van der Waals surface area contributed by atoms with E-state index in [1.54, 1.807) is 36.4 Å². The minimum absolute atomic E-state index is 0.0957. The molecule has 0 amide bonds. The average Bonchev–Trinajstić information content (AvgIpc) is 3.17. The Morgan fingerprint density at radius 2 is 2.10 bits per heavy atom. The number of thiol groups is 1. The minimum atomic E-state index is 0.0957. The molecule has 0 bridgehead atoms. The van der Waals surface area contributed by atoms with Gasteiger partial charge in [-0.25, -0.2) is 0 Å². The smallest absolute Gasteiger partial charge is 0.211 e. The Morgan fingerprint density at radius 1 is 1.31 bits per heavy atom. The predicted molar refractivity (Wildman–Crippen MR) is 112 cm³/mol. The van der Waals surface area contributed by atoms with Crippen LogP contribution < -0.4 is 5.48 Å². The van der Waals surface area contributed by atoms with Gasteiger partial charge in [0.2, 0.25) is 5.16 Å². The summed E-state index contributed by atoms with van der Waals surface area (Å²) in [5, 5.41) is 30.9. The Bertz CT molecular complexity index is 1070. The van der Waals surface area contributed by atoms with Crippen molar-refractivity contribution in [2.24, 2.45) is 0 Å². The summed E-state index contributed by atoms with van der Waals surface area (Å²) in [4.78, 5) is 5.62. The van der Waals surface area contributed by atoms with Gasteiger partial charge >= 0.3 is 0 Å². The fraction of sp³-hybridized carbons (Fsp3) is 0.100. The lowest BCUT2D eigenvalue weighted by Gasteiger charge is -2.13. The van der Waals surface area contributed by atoms with Crippen molar-refractivity contribution in [1.29, 1.82) is 5.26 Å².